The molecule has 15 heavy (non-hydrogen) atoms. The molecule has 2 N–H and O–H groups in total. The number of hydrogen-bond donors (Lipinski definition) is 1. The number of carbonyl (C=O) groups excluding carboxylic acids is 1. The van der Waals surface area contributed by atoms with Gasteiger partial charge in [0, 0.05) is 10.2 Å². The van der Waals surface area contributed by atoms with Gasteiger partial charge in [-0.25, -0.2) is 4.79 Å². The average Bonchev–Trinajstić information content (AvgIpc) is 2.22. The first-order valence-electron chi connectivity index (χ1n) is 4.87. The van der Waals surface area contributed by atoms with Crippen molar-refractivity contribution >= 4 is 27.6 Å². The zero-order chi connectivity index (χ0) is 11.3. The molecule has 4 heteroatoms. The first-order chi connectivity index (χ1) is 7.15. The molecule has 1 aromatic rings. The van der Waals surface area contributed by atoms with Crippen LogP contribution in [0.2, 0.25) is 0 Å². The highest BCUT2D eigenvalue weighted by Crippen LogP contribution is 2.20. The predicted molar refractivity (Wildman–Crippen MR) is 63.7 cm³/mol. The zero-order valence-corrected chi connectivity index (χ0v) is 10.2. The molecule has 0 unspecified atom stereocenters. The van der Waals surface area contributed by atoms with Crippen LogP contribution in [0.25, 0.3) is 0 Å². The van der Waals surface area contributed by atoms with Crippen LogP contribution in [0.3, 0.4) is 0 Å². The zero-order valence-electron chi connectivity index (χ0n) is 8.63. The lowest BCUT2D eigenvalue weighted by molar-refractivity contribution is 0.0500. The highest BCUT2D eigenvalue weighted by Gasteiger charge is 2.07. The molecule has 0 heterocycles. The van der Waals surface area contributed by atoms with Crippen LogP contribution in [0.1, 0.15) is 30.1 Å². The van der Waals surface area contributed by atoms with Crippen LogP contribution in [-0.2, 0) is 4.74 Å². The highest BCUT2D eigenvalue weighted by atomic mass is 79.9. The lowest BCUT2D eigenvalue weighted by Gasteiger charge is -2.05. The summed E-state index contributed by atoms with van der Waals surface area (Å²) in [5, 5.41) is 0. The van der Waals surface area contributed by atoms with Crippen LogP contribution in [0, 0.1) is 0 Å². The topological polar surface area (TPSA) is 52.3 Å². The van der Waals surface area contributed by atoms with Crippen molar-refractivity contribution in [3.05, 3.63) is 28.2 Å². The normalized spacial score (nSPS) is 10.0. The van der Waals surface area contributed by atoms with E-state index < -0.39 is 0 Å². The van der Waals surface area contributed by atoms with E-state index >= 15 is 0 Å². The average molecular weight is 272 g/mol. The van der Waals surface area contributed by atoms with Crippen LogP contribution in [0.4, 0.5) is 5.69 Å². The monoisotopic (exact) mass is 271 g/mol. The van der Waals surface area contributed by atoms with E-state index in [9.17, 15) is 4.79 Å². The molecule has 0 aliphatic carbocycles. The molecule has 0 radical (unpaired) electrons. The van der Waals surface area contributed by atoms with E-state index in [0.29, 0.717) is 17.9 Å². The summed E-state index contributed by atoms with van der Waals surface area (Å²) in [6.07, 6.45) is 1.90. The lowest BCUT2D eigenvalue weighted by atomic mass is 10.2. The molecule has 0 saturated carbocycles. The number of esters is 1. The molecule has 0 saturated heterocycles. The summed E-state index contributed by atoms with van der Waals surface area (Å²) in [4.78, 5) is 11.5. The molecule has 0 aromatic heterocycles. The number of halogens is 1. The molecule has 0 aliphatic rings. The van der Waals surface area contributed by atoms with Gasteiger partial charge in [0.25, 0.3) is 0 Å². The maximum atomic E-state index is 11.5. The third-order valence-corrected chi connectivity index (χ3v) is 2.68. The summed E-state index contributed by atoms with van der Waals surface area (Å²) in [7, 11) is 0. The standard InChI is InChI=1S/C11H14BrNO2/c1-2-3-6-15-11(14)8-4-5-9(12)10(13)7-8/h4-5,7H,2-3,6,13H2,1H3. The van der Waals surface area contributed by atoms with Gasteiger partial charge >= 0.3 is 5.97 Å². The van der Waals surface area contributed by atoms with Gasteiger partial charge in [-0.05, 0) is 40.5 Å². The molecule has 1 aromatic carbocycles. The maximum absolute atomic E-state index is 11.5. The van der Waals surface area contributed by atoms with E-state index in [-0.39, 0.29) is 5.97 Å². The van der Waals surface area contributed by atoms with Crippen molar-refractivity contribution < 1.29 is 9.53 Å². The van der Waals surface area contributed by atoms with Gasteiger partial charge < -0.3 is 10.5 Å². The van der Waals surface area contributed by atoms with Gasteiger partial charge in [0.05, 0.1) is 12.2 Å². The summed E-state index contributed by atoms with van der Waals surface area (Å²) >= 11 is 3.27. The molecular weight excluding hydrogens is 258 g/mol. The second-order valence-corrected chi connectivity index (χ2v) is 4.08. The Balaban J connectivity index is 2.62. The first-order valence-corrected chi connectivity index (χ1v) is 5.66. The van der Waals surface area contributed by atoms with E-state index in [1.54, 1.807) is 18.2 Å². The first kappa shape index (κ1) is 12.0. The summed E-state index contributed by atoms with van der Waals surface area (Å²) < 4.78 is 5.84. The number of hydrogen-bond acceptors (Lipinski definition) is 3. The van der Waals surface area contributed by atoms with Crippen molar-refractivity contribution in [2.24, 2.45) is 0 Å². The summed E-state index contributed by atoms with van der Waals surface area (Å²) in [5.41, 5.74) is 6.69. The van der Waals surface area contributed by atoms with Crippen molar-refractivity contribution in [2.75, 3.05) is 12.3 Å². The van der Waals surface area contributed by atoms with Gasteiger partial charge in [-0.15, -0.1) is 0 Å². The number of benzene rings is 1. The number of unbranched alkanes of at least 4 members (excludes halogenated alkanes) is 1. The van der Waals surface area contributed by atoms with Gasteiger partial charge in [-0.3, -0.25) is 0 Å². The number of carbonyl (C=O) groups is 1. The summed E-state index contributed by atoms with van der Waals surface area (Å²) in [6.45, 7) is 2.51. The Bertz CT molecular complexity index is 352. The van der Waals surface area contributed by atoms with Crippen LogP contribution in [0.5, 0.6) is 0 Å². The third-order valence-electron chi connectivity index (χ3n) is 1.96. The van der Waals surface area contributed by atoms with Gasteiger partial charge in [-0.1, -0.05) is 13.3 Å². The summed E-state index contributed by atoms with van der Waals surface area (Å²) in [6, 6.07) is 5.04. The van der Waals surface area contributed by atoms with Crippen LogP contribution < -0.4 is 5.73 Å². The smallest absolute Gasteiger partial charge is 0.338 e. The van der Waals surface area contributed by atoms with Gasteiger partial charge in [-0.2, -0.15) is 0 Å². The van der Waals surface area contributed by atoms with Crippen LogP contribution in [-0.4, -0.2) is 12.6 Å². The molecule has 0 spiro atoms. The van der Waals surface area contributed by atoms with Crippen molar-refractivity contribution in [3.8, 4) is 0 Å². The number of nitrogens with two attached hydrogens (primary N) is 1. The van der Waals surface area contributed by atoms with E-state index in [4.69, 9.17) is 10.5 Å². The Kier molecular flexibility index (Phi) is 4.62. The molecule has 1 rings (SSSR count). The minimum atomic E-state index is -0.317. The molecular formula is C11H14BrNO2. The van der Waals surface area contributed by atoms with Crippen molar-refractivity contribution in [1.29, 1.82) is 0 Å². The highest BCUT2D eigenvalue weighted by molar-refractivity contribution is 9.10. The van der Waals surface area contributed by atoms with Crippen molar-refractivity contribution in [1.82, 2.24) is 0 Å². The lowest BCUT2D eigenvalue weighted by Crippen LogP contribution is -2.06. The number of nitrogen functional groups attached to an aromatic ring is 1. The molecule has 0 atom stereocenters. The molecule has 0 bridgehead atoms. The minimum Gasteiger partial charge on any atom is -0.462 e. The fraction of sp³-hybridized carbons (Fsp3) is 0.364. The number of rotatable bonds is 4. The minimum absolute atomic E-state index is 0.317. The SMILES string of the molecule is CCCCOC(=O)c1ccc(Br)c(N)c1. The van der Waals surface area contributed by atoms with E-state index in [1.807, 2.05) is 6.92 Å². The van der Waals surface area contributed by atoms with Crippen molar-refractivity contribution in [2.45, 2.75) is 19.8 Å². The third kappa shape index (κ3) is 3.55. The molecule has 0 aliphatic heterocycles. The Hall–Kier alpha value is -1.03. The van der Waals surface area contributed by atoms with E-state index in [2.05, 4.69) is 15.9 Å². The van der Waals surface area contributed by atoms with Crippen LogP contribution >= 0.6 is 15.9 Å². The maximum Gasteiger partial charge on any atom is 0.338 e. The Morgan fingerprint density at radius 2 is 2.27 bits per heavy atom. The Morgan fingerprint density at radius 1 is 1.53 bits per heavy atom. The molecule has 0 fully saturated rings. The van der Waals surface area contributed by atoms with Crippen LogP contribution in [0.15, 0.2) is 22.7 Å². The fourth-order valence-electron chi connectivity index (χ4n) is 1.06. The van der Waals surface area contributed by atoms with Crippen molar-refractivity contribution in [3.63, 3.8) is 0 Å². The second kappa shape index (κ2) is 5.75. The molecule has 82 valence electrons. The number of anilines is 1. The van der Waals surface area contributed by atoms with E-state index in [1.165, 1.54) is 0 Å². The Morgan fingerprint density at radius 3 is 2.87 bits per heavy atom. The molecule has 3 nitrogen and oxygen atoms in total. The second-order valence-electron chi connectivity index (χ2n) is 3.23. The quantitative estimate of drug-likeness (QED) is 0.520. The van der Waals surface area contributed by atoms with Gasteiger partial charge in [0.15, 0.2) is 0 Å². The largest absolute Gasteiger partial charge is 0.462 e. The Labute approximate surface area is 97.7 Å². The fourth-order valence-corrected chi connectivity index (χ4v) is 1.31. The van der Waals surface area contributed by atoms with Gasteiger partial charge in [0.2, 0.25) is 0 Å². The number of ether oxygens (including phenoxy) is 1. The predicted octanol–water partition coefficient (Wildman–Crippen LogP) is 2.99. The molecule has 0 amide bonds. The summed E-state index contributed by atoms with van der Waals surface area (Å²) in [5.74, 6) is -0.317. The van der Waals surface area contributed by atoms with Gasteiger partial charge in [0.1, 0.15) is 0 Å². The van der Waals surface area contributed by atoms with E-state index in [0.717, 1.165) is 17.3 Å².